The van der Waals surface area contributed by atoms with E-state index in [1.807, 2.05) is 24.4 Å². The highest BCUT2D eigenvalue weighted by Crippen LogP contribution is 2.33. The number of hydrogen-bond acceptors (Lipinski definition) is 3. The van der Waals surface area contributed by atoms with Gasteiger partial charge in [0.2, 0.25) is 5.91 Å². The normalized spacial score (nSPS) is 14.6. The average Bonchev–Trinajstić information content (AvgIpc) is 3.08. The van der Waals surface area contributed by atoms with Crippen molar-refractivity contribution in [3.8, 4) is 28.8 Å². The van der Waals surface area contributed by atoms with E-state index in [2.05, 4.69) is 30.8 Å². The van der Waals surface area contributed by atoms with Crippen LogP contribution in [-0.2, 0) is 17.8 Å². The molecule has 1 saturated heterocycles. The molecule has 160 valence electrons. The molecule has 1 aliphatic heterocycles. The molecule has 0 aliphatic carbocycles. The standard InChI is InChI=1S/C23H27F2N3O2/c1-4-6-7-9-17-10-11-20(30-3)19(12-17)22-18(8-5-2)13-28(26-22)14-21(29)27-15-23(24,25)16-27/h10-13H,4-6,8,14-16H2,1-3H3. The van der Waals surface area contributed by atoms with E-state index in [4.69, 9.17) is 4.74 Å². The highest BCUT2D eigenvalue weighted by atomic mass is 19.3. The van der Waals surface area contributed by atoms with Gasteiger partial charge < -0.3 is 9.64 Å². The maximum atomic E-state index is 13.1. The molecule has 0 radical (unpaired) electrons. The molecule has 2 aromatic rings. The van der Waals surface area contributed by atoms with Crippen molar-refractivity contribution in [2.75, 3.05) is 20.2 Å². The first kappa shape index (κ1) is 21.8. The Morgan fingerprint density at radius 3 is 2.67 bits per heavy atom. The number of unbranched alkanes of at least 4 members (excludes halogenated alkanes) is 1. The summed E-state index contributed by atoms with van der Waals surface area (Å²) >= 11 is 0. The zero-order valence-corrected chi connectivity index (χ0v) is 17.7. The van der Waals surface area contributed by atoms with Gasteiger partial charge in [0, 0.05) is 23.7 Å². The lowest BCUT2D eigenvalue weighted by Crippen LogP contribution is -2.59. The van der Waals surface area contributed by atoms with E-state index in [0.29, 0.717) is 5.75 Å². The molecule has 0 bridgehead atoms. The summed E-state index contributed by atoms with van der Waals surface area (Å²) in [6.07, 6.45) is 5.33. The monoisotopic (exact) mass is 415 g/mol. The van der Waals surface area contributed by atoms with E-state index >= 15 is 0 Å². The van der Waals surface area contributed by atoms with Crippen LogP contribution >= 0.6 is 0 Å². The summed E-state index contributed by atoms with van der Waals surface area (Å²) in [5.41, 5.74) is 3.40. The fourth-order valence-corrected chi connectivity index (χ4v) is 3.41. The van der Waals surface area contributed by atoms with Gasteiger partial charge in [-0.25, -0.2) is 8.78 Å². The Morgan fingerprint density at radius 1 is 1.27 bits per heavy atom. The molecule has 0 saturated carbocycles. The number of benzene rings is 1. The SMILES string of the molecule is CCCC#Cc1ccc(OC)c(-c2nn(CC(=O)N3CC(F)(F)C3)cc2CCC)c1. The lowest BCUT2D eigenvalue weighted by atomic mass is 10.0. The van der Waals surface area contributed by atoms with E-state index in [-0.39, 0.29) is 12.5 Å². The molecule has 30 heavy (non-hydrogen) atoms. The molecule has 2 heterocycles. The largest absolute Gasteiger partial charge is 0.496 e. The first-order chi connectivity index (χ1) is 14.4. The third-order valence-electron chi connectivity index (χ3n) is 4.91. The lowest BCUT2D eigenvalue weighted by molar-refractivity contribution is -0.166. The van der Waals surface area contributed by atoms with Crippen molar-refractivity contribution in [2.24, 2.45) is 0 Å². The van der Waals surface area contributed by atoms with Gasteiger partial charge in [-0.15, -0.1) is 0 Å². The van der Waals surface area contributed by atoms with Crippen molar-refractivity contribution >= 4 is 5.91 Å². The van der Waals surface area contributed by atoms with Gasteiger partial charge in [-0.3, -0.25) is 9.48 Å². The molecule has 0 atom stereocenters. The van der Waals surface area contributed by atoms with Gasteiger partial charge in [-0.2, -0.15) is 5.10 Å². The number of methoxy groups -OCH3 is 1. The Hall–Kier alpha value is -2.88. The number of alkyl halides is 2. The Kier molecular flexibility index (Phi) is 6.76. The second-order valence-electron chi connectivity index (χ2n) is 7.52. The summed E-state index contributed by atoms with van der Waals surface area (Å²) in [5, 5.41) is 4.62. The summed E-state index contributed by atoms with van der Waals surface area (Å²) in [6.45, 7) is 3.05. The second kappa shape index (κ2) is 9.29. The first-order valence-electron chi connectivity index (χ1n) is 10.3. The number of halogens is 2. The second-order valence-corrected chi connectivity index (χ2v) is 7.52. The van der Waals surface area contributed by atoms with Crippen molar-refractivity contribution in [1.82, 2.24) is 14.7 Å². The number of nitrogens with zero attached hydrogens (tertiary/aromatic N) is 3. The molecule has 1 aromatic heterocycles. The Balaban J connectivity index is 1.90. The average molecular weight is 415 g/mol. The van der Waals surface area contributed by atoms with Gasteiger partial charge in [-0.05, 0) is 36.6 Å². The van der Waals surface area contributed by atoms with Crippen LogP contribution in [-0.4, -0.2) is 46.7 Å². The fourth-order valence-electron chi connectivity index (χ4n) is 3.41. The van der Waals surface area contributed by atoms with Crippen LogP contribution in [0.4, 0.5) is 8.78 Å². The van der Waals surface area contributed by atoms with Gasteiger partial charge >= 0.3 is 0 Å². The molecule has 1 fully saturated rings. The number of ether oxygens (including phenoxy) is 1. The van der Waals surface area contributed by atoms with Crippen molar-refractivity contribution in [3.63, 3.8) is 0 Å². The minimum Gasteiger partial charge on any atom is -0.496 e. The molecule has 0 spiro atoms. The molecule has 5 nitrogen and oxygen atoms in total. The molecular weight excluding hydrogens is 388 g/mol. The Labute approximate surface area is 176 Å². The van der Waals surface area contributed by atoms with Crippen LogP contribution < -0.4 is 4.74 Å². The van der Waals surface area contributed by atoms with E-state index < -0.39 is 19.0 Å². The third-order valence-corrected chi connectivity index (χ3v) is 4.91. The van der Waals surface area contributed by atoms with Crippen molar-refractivity contribution in [2.45, 2.75) is 52.0 Å². The predicted octanol–water partition coefficient (Wildman–Crippen LogP) is 4.14. The topological polar surface area (TPSA) is 47.4 Å². The highest BCUT2D eigenvalue weighted by molar-refractivity contribution is 5.77. The molecule has 7 heteroatoms. The predicted molar refractivity (Wildman–Crippen MR) is 112 cm³/mol. The van der Waals surface area contributed by atoms with E-state index in [0.717, 1.165) is 53.0 Å². The van der Waals surface area contributed by atoms with Crippen molar-refractivity contribution in [1.29, 1.82) is 0 Å². The Bertz CT molecular complexity index is 965. The molecule has 1 aromatic carbocycles. The number of likely N-dealkylation sites (tertiary alicyclic amines) is 1. The molecule has 3 rings (SSSR count). The highest BCUT2D eigenvalue weighted by Gasteiger charge is 2.46. The summed E-state index contributed by atoms with van der Waals surface area (Å²) in [4.78, 5) is 13.5. The van der Waals surface area contributed by atoms with Gasteiger partial charge in [0.15, 0.2) is 0 Å². The molecule has 1 amide bonds. The van der Waals surface area contributed by atoms with Gasteiger partial charge in [-0.1, -0.05) is 32.1 Å². The number of hydrogen-bond donors (Lipinski definition) is 0. The number of rotatable bonds is 7. The third kappa shape index (κ3) is 4.99. The van der Waals surface area contributed by atoms with Crippen LogP contribution in [0.1, 0.15) is 44.2 Å². The van der Waals surface area contributed by atoms with Crippen molar-refractivity contribution < 1.29 is 18.3 Å². The molecule has 0 unspecified atom stereocenters. The van der Waals surface area contributed by atoms with Crippen LogP contribution in [0.2, 0.25) is 0 Å². The van der Waals surface area contributed by atoms with Gasteiger partial charge in [0.1, 0.15) is 12.3 Å². The quantitative estimate of drug-likeness (QED) is 0.639. The summed E-state index contributed by atoms with van der Waals surface area (Å²) < 4.78 is 33.2. The van der Waals surface area contributed by atoms with Gasteiger partial charge in [0.25, 0.3) is 5.92 Å². The number of carbonyl (C=O) groups is 1. The van der Waals surface area contributed by atoms with Crippen molar-refractivity contribution in [3.05, 3.63) is 35.5 Å². The van der Waals surface area contributed by atoms with Crippen LogP contribution in [0.25, 0.3) is 11.3 Å². The minimum absolute atomic E-state index is 0.0644. The van der Waals surface area contributed by atoms with E-state index in [1.54, 1.807) is 7.11 Å². The van der Waals surface area contributed by atoms with E-state index in [1.165, 1.54) is 4.68 Å². The minimum atomic E-state index is -2.77. The molecule has 0 N–H and O–H groups in total. The zero-order valence-electron chi connectivity index (χ0n) is 17.7. The number of aromatic nitrogens is 2. The van der Waals surface area contributed by atoms with Crippen LogP contribution in [0.3, 0.4) is 0 Å². The number of carbonyl (C=O) groups excluding carboxylic acids is 1. The smallest absolute Gasteiger partial charge is 0.282 e. The molecule has 1 aliphatic rings. The van der Waals surface area contributed by atoms with Gasteiger partial charge in [0.05, 0.1) is 25.9 Å². The zero-order chi connectivity index (χ0) is 21.7. The molecular formula is C23H27F2N3O2. The maximum Gasteiger partial charge on any atom is 0.282 e. The summed E-state index contributed by atoms with van der Waals surface area (Å²) in [6, 6.07) is 5.73. The maximum absolute atomic E-state index is 13.1. The Morgan fingerprint density at radius 2 is 2.03 bits per heavy atom. The van der Waals surface area contributed by atoms with Crippen LogP contribution in [0, 0.1) is 11.8 Å². The van der Waals surface area contributed by atoms with Crippen LogP contribution in [0.5, 0.6) is 5.75 Å². The summed E-state index contributed by atoms with van der Waals surface area (Å²) in [5.74, 6) is 3.85. The summed E-state index contributed by atoms with van der Waals surface area (Å²) in [7, 11) is 1.60. The van der Waals surface area contributed by atoms with E-state index in [9.17, 15) is 13.6 Å². The number of aryl methyl sites for hydroxylation is 1. The van der Waals surface area contributed by atoms with Crippen LogP contribution in [0.15, 0.2) is 24.4 Å². The fraction of sp³-hybridized carbons (Fsp3) is 0.478. The lowest BCUT2D eigenvalue weighted by Gasteiger charge is -2.38. The first-order valence-corrected chi connectivity index (χ1v) is 10.3. The number of amides is 1.